The second kappa shape index (κ2) is 3.38. The average molecular weight is 190 g/mol. The molecule has 2 heteroatoms. The molecule has 0 spiro atoms. The molecule has 1 nitrogen and oxygen atoms in total. The van der Waals surface area contributed by atoms with Crippen molar-refractivity contribution in [1.29, 1.82) is 0 Å². The highest BCUT2D eigenvalue weighted by Gasteiger charge is 2.31. The average Bonchev–Trinajstić information content (AvgIpc) is 3.00. The summed E-state index contributed by atoms with van der Waals surface area (Å²) in [6.07, 6.45) is 2.09. The molecule has 0 radical (unpaired) electrons. The Labute approximate surface area is 82.8 Å². The number of hydrogen-bond acceptors (Lipinski definition) is 2. The van der Waals surface area contributed by atoms with Gasteiger partial charge in [0.05, 0.1) is 0 Å². The first-order chi connectivity index (χ1) is 6.33. The monoisotopic (exact) mass is 190 g/mol. The summed E-state index contributed by atoms with van der Waals surface area (Å²) in [5.74, 6) is 0.535. The molecule has 1 fully saturated rings. The molecule has 0 saturated heterocycles. The molecule has 13 heavy (non-hydrogen) atoms. The molecular weight excluding hydrogens is 180 g/mol. The van der Waals surface area contributed by atoms with E-state index < -0.39 is 0 Å². The third kappa shape index (κ3) is 1.68. The lowest BCUT2D eigenvalue weighted by Crippen LogP contribution is -2.04. The molecule has 1 aliphatic carbocycles. The number of benzene rings is 1. The van der Waals surface area contributed by atoms with Crippen molar-refractivity contribution < 1.29 is 4.79 Å². The molecule has 1 aliphatic rings. The van der Waals surface area contributed by atoms with Crippen LogP contribution in [0.2, 0.25) is 0 Å². The number of carbonyl (C=O) groups excluding carboxylic acids is 1. The first kappa shape index (κ1) is 8.57. The van der Waals surface area contributed by atoms with Crippen molar-refractivity contribution in [1.82, 2.24) is 0 Å². The summed E-state index contributed by atoms with van der Waals surface area (Å²) in [6, 6.07) is 7.54. The van der Waals surface area contributed by atoms with E-state index in [1.165, 1.54) is 0 Å². The maximum Gasteiger partial charge on any atom is 0.166 e. The van der Waals surface area contributed by atoms with Gasteiger partial charge in [-0.3, -0.25) is 4.79 Å². The fourth-order valence-electron chi connectivity index (χ4n) is 1.39. The topological polar surface area (TPSA) is 17.1 Å². The minimum atomic E-state index is 0.261. The minimum absolute atomic E-state index is 0.261. The highest BCUT2D eigenvalue weighted by Crippen LogP contribution is 2.33. The van der Waals surface area contributed by atoms with E-state index in [1.807, 2.05) is 24.3 Å². The zero-order valence-electron chi connectivity index (χ0n) is 7.19. The Kier molecular flexibility index (Phi) is 2.23. The van der Waals surface area contributed by atoms with Gasteiger partial charge in [0.15, 0.2) is 5.78 Å². The molecule has 0 bridgehead atoms. The summed E-state index contributed by atoms with van der Waals surface area (Å²) < 4.78 is 0. The van der Waals surface area contributed by atoms with Crippen molar-refractivity contribution in [3.63, 3.8) is 0 Å². The zero-order chi connectivity index (χ0) is 9.26. The van der Waals surface area contributed by atoms with Crippen molar-refractivity contribution in [3.8, 4) is 0 Å². The van der Waals surface area contributed by atoms with Crippen LogP contribution in [0, 0.1) is 5.92 Å². The van der Waals surface area contributed by atoms with Gasteiger partial charge in [0.25, 0.3) is 0 Å². The van der Waals surface area contributed by atoms with Crippen LogP contribution in [0.3, 0.4) is 0 Å². The normalized spacial score (nSPS) is 15.4. The molecule has 1 aromatic carbocycles. The molecule has 1 aromatic rings. The van der Waals surface area contributed by atoms with Crippen LogP contribution in [0.5, 0.6) is 0 Å². The van der Waals surface area contributed by atoms with E-state index in [9.17, 15) is 4.79 Å². The Morgan fingerprint density at radius 1 is 1.38 bits per heavy atom. The lowest BCUT2D eigenvalue weighted by Gasteiger charge is -2.01. The maximum absolute atomic E-state index is 11.7. The molecule has 1 saturated carbocycles. The highest BCUT2D eigenvalue weighted by molar-refractivity contribution is 7.79. The van der Waals surface area contributed by atoms with Crippen molar-refractivity contribution in [2.45, 2.75) is 12.8 Å². The van der Waals surface area contributed by atoms with Crippen LogP contribution in [0.15, 0.2) is 24.3 Å². The van der Waals surface area contributed by atoms with Crippen LogP contribution in [0.4, 0.5) is 0 Å². The second-order valence-electron chi connectivity index (χ2n) is 3.34. The van der Waals surface area contributed by atoms with Crippen molar-refractivity contribution in [3.05, 3.63) is 35.4 Å². The molecule has 0 amide bonds. The van der Waals surface area contributed by atoms with Crippen molar-refractivity contribution in [2.75, 3.05) is 0 Å². The first-order valence-electron chi connectivity index (χ1n) is 4.41. The van der Waals surface area contributed by atoms with Crippen LogP contribution >= 0.6 is 12.2 Å². The van der Waals surface area contributed by atoms with Gasteiger partial charge in [-0.05, 0) is 18.4 Å². The van der Waals surface area contributed by atoms with Gasteiger partial charge in [0.2, 0.25) is 0 Å². The molecule has 66 valence electrons. The Morgan fingerprint density at radius 2 is 2.08 bits per heavy atom. The standard InChI is InChI=1S/C11H10OS/c12-11(8-5-6-8)10-4-2-1-3-9(10)7-13/h1-4,7-8H,5-6H2. The molecule has 0 unspecified atom stereocenters. The largest absolute Gasteiger partial charge is 0.294 e. The van der Waals surface area contributed by atoms with Gasteiger partial charge in [-0.2, -0.15) is 0 Å². The summed E-state index contributed by atoms with van der Waals surface area (Å²) in [5, 5.41) is 1.58. The molecule has 2 rings (SSSR count). The SMILES string of the molecule is O=C(c1ccccc1C=S)C1CC1. The van der Waals surface area contributed by atoms with Gasteiger partial charge < -0.3 is 0 Å². The van der Waals surface area contributed by atoms with Crippen molar-refractivity contribution in [2.24, 2.45) is 5.92 Å². The van der Waals surface area contributed by atoms with Crippen LogP contribution in [0.1, 0.15) is 28.8 Å². The van der Waals surface area contributed by atoms with Gasteiger partial charge in [-0.15, -0.1) is 0 Å². The number of hydrogen-bond donors (Lipinski definition) is 0. The van der Waals surface area contributed by atoms with Gasteiger partial charge >= 0.3 is 0 Å². The predicted molar refractivity (Wildman–Crippen MR) is 56.3 cm³/mol. The number of Topliss-reactive ketones (excluding diaryl/α,β-unsaturated/α-hetero) is 1. The lowest BCUT2D eigenvalue weighted by molar-refractivity contribution is 0.0967. The lowest BCUT2D eigenvalue weighted by atomic mass is 10.0. The fourth-order valence-corrected chi connectivity index (χ4v) is 1.60. The van der Waals surface area contributed by atoms with Crippen LogP contribution < -0.4 is 0 Å². The molecule has 0 atom stereocenters. The number of rotatable bonds is 3. The fraction of sp³-hybridized carbons (Fsp3) is 0.273. The van der Waals surface area contributed by atoms with Gasteiger partial charge in [0.1, 0.15) is 0 Å². The molecule has 0 N–H and O–H groups in total. The second-order valence-corrected chi connectivity index (χ2v) is 3.58. The van der Waals surface area contributed by atoms with E-state index in [4.69, 9.17) is 12.2 Å². The van der Waals surface area contributed by atoms with E-state index in [-0.39, 0.29) is 11.7 Å². The quantitative estimate of drug-likeness (QED) is 0.538. The summed E-state index contributed by atoms with van der Waals surface area (Å²) in [5.41, 5.74) is 1.68. The van der Waals surface area contributed by atoms with E-state index in [0.29, 0.717) is 0 Å². The highest BCUT2D eigenvalue weighted by atomic mass is 32.1. The van der Waals surface area contributed by atoms with E-state index in [2.05, 4.69) is 0 Å². The first-order valence-corrected chi connectivity index (χ1v) is 4.88. The van der Waals surface area contributed by atoms with Gasteiger partial charge in [0, 0.05) is 16.8 Å². The molecular formula is C11H10OS. The van der Waals surface area contributed by atoms with Crippen molar-refractivity contribution >= 4 is 23.4 Å². The minimum Gasteiger partial charge on any atom is -0.294 e. The van der Waals surface area contributed by atoms with Crippen LogP contribution in [-0.4, -0.2) is 11.2 Å². The van der Waals surface area contributed by atoms with E-state index >= 15 is 0 Å². The Bertz CT molecular complexity index is 353. The predicted octanol–water partition coefficient (Wildman–Crippen LogP) is 2.63. The number of ketones is 1. The number of thiocarbonyl (C=S) groups is 1. The summed E-state index contributed by atoms with van der Waals surface area (Å²) in [6.45, 7) is 0. The summed E-state index contributed by atoms with van der Waals surface area (Å²) in [7, 11) is 0. The Morgan fingerprint density at radius 3 is 2.69 bits per heavy atom. The van der Waals surface area contributed by atoms with Crippen LogP contribution in [0.25, 0.3) is 0 Å². The summed E-state index contributed by atoms with van der Waals surface area (Å²) >= 11 is 4.86. The van der Waals surface area contributed by atoms with Gasteiger partial charge in [-0.1, -0.05) is 36.5 Å². The van der Waals surface area contributed by atoms with E-state index in [1.54, 1.807) is 5.37 Å². The van der Waals surface area contributed by atoms with Gasteiger partial charge in [-0.25, -0.2) is 0 Å². The third-order valence-electron chi connectivity index (χ3n) is 2.30. The number of carbonyl (C=O) groups is 1. The third-order valence-corrected chi connectivity index (χ3v) is 2.56. The maximum atomic E-state index is 11.7. The Hall–Kier alpha value is -1.02. The smallest absolute Gasteiger partial charge is 0.166 e. The zero-order valence-corrected chi connectivity index (χ0v) is 8.01. The molecule has 0 aliphatic heterocycles. The van der Waals surface area contributed by atoms with E-state index in [0.717, 1.165) is 24.0 Å². The molecule has 0 aromatic heterocycles. The van der Waals surface area contributed by atoms with Crippen LogP contribution in [-0.2, 0) is 0 Å². The molecule has 0 heterocycles. The Balaban J connectivity index is 2.37. The summed E-state index contributed by atoms with van der Waals surface area (Å²) in [4.78, 5) is 11.7.